The number of likely N-dealkylation sites (tertiary alicyclic amines) is 1. The van der Waals surface area contributed by atoms with Crippen molar-refractivity contribution in [2.45, 2.75) is 50.2 Å². The minimum atomic E-state index is -0.261. The van der Waals surface area contributed by atoms with E-state index in [9.17, 15) is 9.59 Å². The molecule has 6 rings (SSSR count). The molecule has 2 aromatic carbocycles. The molecule has 7 heteroatoms. The molecule has 1 saturated heterocycles. The first kappa shape index (κ1) is 22.7. The fourth-order valence-corrected chi connectivity index (χ4v) is 6.43. The van der Waals surface area contributed by atoms with Gasteiger partial charge in [-0.15, -0.1) is 0 Å². The molecule has 3 aromatic rings. The molecule has 0 spiro atoms. The van der Waals surface area contributed by atoms with Gasteiger partial charge in [-0.05, 0) is 36.5 Å². The van der Waals surface area contributed by atoms with Crippen molar-refractivity contribution < 1.29 is 9.59 Å². The molecule has 2 fully saturated rings. The van der Waals surface area contributed by atoms with Crippen LogP contribution in [0.1, 0.15) is 65.8 Å². The number of aromatic nitrogens is 2. The van der Waals surface area contributed by atoms with Crippen LogP contribution in [0.25, 0.3) is 0 Å². The van der Waals surface area contributed by atoms with E-state index in [1.165, 1.54) is 23.5 Å². The largest absolute Gasteiger partial charge is 0.378 e. The zero-order chi connectivity index (χ0) is 24.5. The van der Waals surface area contributed by atoms with E-state index in [4.69, 9.17) is 0 Å². The lowest BCUT2D eigenvalue weighted by atomic mass is 9.79. The van der Waals surface area contributed by atoms with E-state index in [2.05, 4.69) is 74.0 Å². The van der Waals surface area contributed by atoms with Crippen molar-refractivity contribution in [3.8, 4) is 0 Å². The normalized spacial score (nSPS) is 26.9. The van der Waals surface area contributed by atoms with Crippen LogP contribution in [0.4, 0.5) is 5.69 Å². The lowest BCUT2D eigenvalue weighted by Gasteiger charge is -2.42. The summed E-state index contributed by atoms with van der Waals surface area (Å²) in [5.41, 5.74) is 3.83. The maximum Gasteiger partial charge on any atom is 0.271 e. The van der Waals surface area contributed by atoms with Crippen LogP contribution in [0, 0.1) is 11.8 Å². The second-order valence-corrected chi connectivity index (χ2v) is 10.1. The Kier molecular flexibility index (Phi) is 6.13. The molecular formula is C29H31N5O2. The van der Waals surface area contributed by atoms with E-state index in [0.717, 1.165) is 44.3 Å². The molecule has 2 amide bonds. The van der Waals surface area contributed by atoms with E-state index in [1.54, 1.807) is 6.20 Å². The molecule has 3 heterocycles. The van der Waals surface area contributed by atoms with Gasteiger partial charge in [0.25, 0.3) is 5.91 Å². The predicted octanol–water partition coefficient (Wildman–Crippen LogP) is 4.52. The molecule has 184 valence electrons. The van der Waals surface area contributed by atoms with Gasteiger partial charge in [0.2, 0.25) is 5.91 Å². The first-order valence-corrected chi connectivity index (χ1v) is 13.0. The average molecular weight is 482 g/mol. The number of benzene rings is 2. The number of nitrogens with zero attached hydrogens (tertiary/aromatic N) is 3. The molecule has 7 nitrogen and oxygen atoms in total. The number of hydrogen-bond acceptors (Lipinski definition) is 5. The Hall–Kier alpha value is -3.74. The van der Waals surface area contributed by atoms with Crippen LogP contribution < -0.4 is 10.6 Å². The second kappa shape index (κ2) is 9.72. The zero-order valence-electron chi connectivity index (χ0n) is 20.2. The lowest BCUT2D eigenvalue weighted by molar-refractivity contribution is -0.138. The van der Waals surface area contributed by atoms with E-state index in [-0.39, 0.29) is 41.6 Å². The Morgan fingerprint density at radius 2 is 1.75 bits per heavy atom. The van der Waals surface area contributed by atoms with E-state index < -0.39 is 0 Å². The summed E-state index contributed by atoms with van der Waals surface area (Å²) in [5.74, 6) is -0.0311. The number of para-hydroxylation sites is 1. The van der Waals surface area contributed by atoms with Gasteiger partial charge in [-0.2, -0.15) is 0 Å². The van der Waals surface area contributed by atoms with Gasteiger partial charge in [-0.3, -0.25) is 14.6 Å². The monoisotopic (exact) mass is 481 g/mol. The Labute approximate surface area is 211 Å². The van der Waals surface area contributed by atoms with Crippen LogP contribution in [0.15, 0.2) is 73.2 Å². The third-order valence-corrected chi connectivity index (χ3v) is 8.10. The smallest absolute Gasteiger partial charge is 0.271 e. The second-order valence-electron chi connectivity index (χ2n) is 10.1. The van der Waals surface area contributed by atoms with Crippen molar-refractivity contribution in [1.29, 1.82) is 0 Å². The average Bonchev–Trinajstić information content (AvgIpc) is 3.39. The highest BCUT2D eigenvalue weighted by Crippen LogP contribution is 2.51. The van der Waals surface area contributed by atoms with E-state index in [1.807, 2.05) is 6.07 Å². The Bertz CT molecular complexity index is 1230. The summed E-state index contributed by atoms with van der Waals surface area (Å²) in [6.07, 6.45) is 9.07. The van der Waals surface area contributed by atoms with Crippen molar-refractivity contribution >= 4 is 17.5 Å². The lowest BCUT2D eigenvalue weighted by Crippen LogP contribution is -2.50. The maximum atomic E-state index is 14.2. The number of hydrogen-bond donors (Lipinski definition) is 2. The van der Waals surface area contributed by atoms with Crippen LogP contribution in [-0.2, 0) is 4.79 Å². The summed E-state index contributed by atoms with van der Waals surface area (Å²) in [6.45, 7) is 0.731. The van der Waals surface area contributed by atoms with Crippen molar-refractivity contribution in [2.75, 3.05) is 11.9 Å². The summed E-state index contributed by atoms with van der Waals surface area (Å²) in [5, 5.41) is 6.88. The molecule has 2 N–H and O–H groups in total. The highest BCUT2D eigenvalue weighted by molar-refractivity contribution is 5.92. The van der Waals surface area contributed by atoms with Gasteiger partial charge in [0, 0.05) is 36.6 Å². The quantitative estimate of drug-likeness (QED) is 0.572. The third kappa shape index (κ3) is 4.12. The topological polar surface area (TPSA) is 87.2 Å². The van der Waals surface area contributed by atoms with Crippen LogP contribution in [0.5, 0.6) is 0 Å². The molecule has 0 unspecified atom stereocenters. The Morgan fingerprint density at radius 3 is 2.58 bits per heavy atom. The Balaban J connectivity index is 1.28. The number of rotatable bonds is 4. The van der Waals surface area contributed by atoms with Gasteiger partial charge in [-0.1, -0.05) is 61.4 Å². The number of carbonyl (C=O) groups excluding carboxylic acids is 2. The SMILES string of the molecule is O=C(N[C@@H]1CCCC[C@@H]1C(=O)N1CC[C@@H]2[C@H](c3ccccc3)Nc3ccccc3[C@@H]21)c1cnccn1. The molecule has 3 aliphatic rings. The maximum absolute atomic E-state index is 14.2. The highest BCUT2D eigenvalue weighted by Gasteiger charge is 2.48. The van der Waals surface area contributed by atoms with E-state index in [0.29, 0.717) is 5.92 Å². The summed E-state index contributed by atoms with van der Waals surface area (Å²) in [7, 11) is 0. The van der Waals surface area contributed by atoms with Gasteiger partial charge < -0.3 is 15.5 Å². The van der Waals surface area contributed by atoms with Gasteiger partial charge in [0.05, 0.1) is 24.2 Å². The molecular weight excluding hydrogens is 450 g/mol. The van der Waals surface area contributed by atoms with Crippen molar-refractivity contribution in [3.63, 3.8) is 0 Å². The van der Waals surface area contributed by atoms with Crippen molar-refractivity contribution in [3.05, 3.63) is 90.0 Å². The van der Waals surface area contributed by atoms with Crippen LogP contribution in [-0.4, -0.2) is 39.3 Å². The molecule has 0 bridgehead atoms. The summed E-state index contributed by atoms with van der Waals surface area (Å²) in [6, 6.07) is 18.9. The zero-order valence-corrected chi connectivity index (χ0v) is 20.2. The third-order valence-electron chi connectivity index (χ3n) is 8.10. The molecule has 1 saturated carbocycles. The molecule has 5 atom stereocenters. The fraction of sp³-hybridized carbons (Fsp3) is 0.379. The number of carbonyl (C=O) groups is 2. The molecule has 1 aromatic heterocycles. The minimum Gasteiger partial charge on any atom is -0.378 e. The summed E-state index contributed by atoms with van der Waals surface area (Å²) in [4.78, 5) is 37.3. The number of nitrogens with one attached hydrogen (secondary N) is 2. The van der Waals surface area contributed by atoms with Gasteiger partial charge >= 0.3 is 0 Å². The molecule has 2 aliphatic heterocycles. The molecule has 0 radical (unpaired) electrons. The summed E-state index contributed by atoms with van der Waals surface area (Å²) >= 11 is 0. The number of anilines is 1. The predicted molar refractivity (Wildman–Crippen MR) is 137 cm³/mol. The van der Waals surface area contributed by atoms with Crippen LogP contribution in [0.2, 0.25) is 0 Å². The van der Waals surface area contributed by atoms with Gasteiger partial charge in [-0.25, -0.2) is 4.98 Å². The molecule has 36 heavy (non-hydrogen) atoms. The van der Waals surface area contributed by atoms with Crippen molar-refractivity contribution in [2.24, 2.45) is 11.8 Å². The van der Waals surface area contributed by atoms with E-state index >= 15 is 0 Å². The fourth-order valence-electron chi connectivity index (χ4n) is 6.43. The first-order chi connectivity index (χ1) is 17.7. The standard InChI is InChI=1S/C29H31N5O2/c35-28(25-18-30-15-16-31-25)33-24-13-7-5-11-21(24)29(36)34-17-14-22-26(19-8-2-1-3-9-19)32-23-12-6-4-10-20(23)27(22)34/h1-4,6,8-10,12,15-16,18,21-22,24,26-27,32H,5,7,11,13-14,17H2,(H,33,35)/t21-,22+,24+,26-,27-/m0/s1. The Morgan fingerprint density at radius 1 is 0.944 bits per heavy atom. The molecule has 1 aliphatic carbocycles. The minimum absolute atomic E-state index is 0.0263. The number of amides is 2. The first-order valence-electron chi connectivity index (χ1n) is 13.0. The van der Waals surface area contributed by atoms with Crippen LogP contribution in [0.3, 0.4) is 0 Å². The van der Waals surface area contributed by atoms with Gasteiger partial charge in [0.1, 0.15) is 5.69 Å². The number of fused-ring (bicyclic) bond motifs is 3. The van der Waals surface area contributed by atoms with Crippen LogP contribution >= 0.6 is 0 Å². The summed E-state index contributed by atoms with van der Waals surface area (Å²) < 4.78 is 0. The van der Waals surface area contributed by atoms with Gasteiger partial charge in [0.15, 0.2) is 0 Å². The van der Waals surface area contributed by atoms with Crippen molar-refractivity contribution in [1.82, 2.24) is 20.2 Å². The highest BCUT2D eigenvalue weighted by atomic mass is 16.2.